The number of piperidine rings is 3. The first-order chi connectivity index (χ1) is 71.3. The predicted molar refractivity (Wildman–Crippen MR) is 586 cm³/mol. The molecule has 29 nitrogen and oxygen atoms in total. The van der Waals surface area contributed by atoms with Crippen LogP contribution in [0.4, 0.5) is 0 Å². The zero-order valence-electron chi connectivity index (χ0n) is 88.8. The van der Waals surface area contributed by atoms with Crippen LogP contribution in [0.5, 0.6) is 0 Å². The van der Waals surface area contributed by atoms with Crippen molar-refractivity contribution >= 4 is 33.3 Å². The molecule has 18 fully saturated rings. The Labute approximate surface area is 871 Å². The van der Waals surface area contributed by atoms with E-state index < -0.39 is 9.84 Å². The number of pyridine rings is 2. The Bertz CT molecular complexity index is 4060. The maximum Gasteiger partial charge on any atom is 0.270 e. The maximum atomic E-state index is 11.2. The van der Waals surface area contributed by atoms with E-state index in [2.05, 4.69) is 119 Å². The van der Waals surface area contributed by atoms with Gasteiger partial charge in [0.2, 0.25) is 0 Å². The maximum absolute atomic E-state index is 11.2. The summed E-state index contributed by atoms with van der Waals surface area (Å²) >= 11 is 0. The Morgan fingerprint density at radius 3 is 1.17 bits per heavy atom. The van der Waals surface area contributed by atoms with Crippen LogP contribution in [0.25, 0.3) is 0 Å². The van der Waals surface area contributed by atoms with Gasteiger partial charge in [-0.25, -0.2) is 8.42 Å². The van der Waals surface area contributed by atoms with E-state index in [-0.39, 0.29) is 23.5 Å². The fourth-order valence-electron chi connectivity index (χ4n) is 20.4. The normalized spacial score (nSPS) is 24.3. The average molecular weight is 2030 g/mol. The molecule has 2 unspecified atom stereocenters. The summed E-state index contributed by atoms with van der Waals surface area (Å²) < 4.78 is 47.4. The van der Waals surface area contributed by atoms with Gasteiger partial charge in [-0.2, -0.15) is 0 Å². The van der Waals surface area contributed by atoms with E-state index in [0.29, 0.717) is 65.2 Å². The molecule has 3 aromatic carbocycles. The monoisotopic (exact) mass is 2030 g/mol. The lowest BCUT2D eigenvalue weighted by atomic mass is 9.73. The molecular formula is C115H190N18O11S. The summed E-state index contributed by atoms with van der Waals surface area (Å²) in [5.41, 5.74) is 13.2. The van der Waals surface area contributed by atoms with Crippen molar-refractivity contribution in [1.82, 2.24) is 95.0 Å². The van der Waals surface area contributed by atoms with Crippen molar-refractivity contribution in [3.8, 4) is 0 Å². The number of amides is 3. The number of nitrogens with one attached hydrogen (secondary N) is 16. The van der Waals surface area contributed by atoms with Crippen molar-refractivity contribution in [1.29, 1.82) is 0 Å². The smallest absolute Gasteiger partial charge is 0.270 e. The molecule has 145 heavy (non-hydrogen) atoms. The fourth-order valence-corrected chi connectivity index (χ4v) is 21.6. The first kappa shape index (κ1) is 119. The molecular weight excluding hydrogens is 1840 g/mol. The summed E-state index contributed by atoms with van der Waals surface area (Å²) in [4.78, 5) is 52.2. The second-order valence-corrected chi connectivity index (χ2v) is 44.9. The lowest BCUT2D eigenvalue weighted by Gasteiger charge is -2.45. The number of aryl methyl sites for hydroxylation is 1. The van der Waals surface area contributed by atoms with Gasteiger partial charge in [-0.1, -0.05) is 118 Å². The van der Waals surface area contributed by atoms with Gasteiger partial charge in [0.15, 0.2) is 15.6 Å². The Balaban J connectivity index is 0.000000147. The Morgan fingerprint density at radius 1 is 0.262 bits per heavy atom. The lowest BCUT2D eigenvalue weighted by Crippen LogP contribution is -2.55. The minimum absolute atomic E-state index is 0.0515. The molecule has 23 aliphatic rings. The predicted octanol–water partition coefficient (Wildman–Crippen LogP) is 11.7. The van der Waals surface area contributed by atoms with E-state index in [1.54, 1.807) is 12.4 Å². The van der Waals surface area contributed by atoms with Gasteiger partial charge in [-0.3, -0.25) is 29.1 Å². The quantitative estimate of drug-likeness (QED) is 0.0685. The molecule has 4 spiro atoms. The Morgan fingerprint density at radius 2 is 0.676 bits per heavy atom. The van der Waals surface area contributed by atoms with Crippen LogP contribution in [-0.2, 0) is 72.3 Å². The molecule has 2 aromatic heterocycles. The van der Waals surface area contributed by atoms with Crippen LogP contribution in [0.2, 0.25) is 0 Å². The molecule has 812 valence electrons. The largest absolute Gasteiger partial charge is 0.381 e. The first-order valence-corrected chi connectivity index (χ1v) is 58.9. The summed E-state index contributed by atoms with van der Waals surface area (Å²) in [6.45, 7) is 42.5. The SMILES string of the molecule is C1CC2(CCN1)CC2.C1CC2(CCN1)CCOCC2.C1CC2(CCN1)COC2.C1CC2(CCO1)CNC2.C1CC2CNCC2C1.C1CCC1.C1CCCNCC1.C1CCNC1.C1CNC1.C1CNCCNC1.C1CNCCOC1.C1COC1.O=C1CCCc2cccnc21.O=C1NCCc2ccccc21.O=C1NCc2ccccc21.O=C1NCc2cccnc21.O=S1(=O)CCCNCC1.c1ccc2c(c1)CCNCC2. The number of aromatic nitrogens is 2. The van der Waals surface area contributed by atoms with Crippen LogP contribution in [-0.4, -0.2) is 296 Å². The summed E-state index contributed by atoms with van der Waals surface area (Å²) in [5, 5.41) is 51.0. The average Bonchev–Trinajstić information content (AvgIpc) is 1.03. The third kappa shape index (κ3) is 47.4. The highest BCUT2D eigenvalue weighted by Gasteiger charge is 2.43. The van der Waals surface area contributed by atoms with Crippen LogP contribution in [0.15, 0.2) is 109 Å². The highest BCUT2D eigenvalue weighted by atomic mass is 32.2. The molecule has 21 heterocycles. The number of rotatable bonds is 0. The van der Waals surface area contributed by atoms with E-state index in [1.807, 2.05) is 72.8 Å². The number of carbonyl (C=O) groups excluding carboxylic acids is 4. The van der Waals surface area contributed by atoms with Crippen molar-refractivity contribution in [3.05, 3.63) is 165 Å². The van der Waals surface area contributed by atoms with Gasteiger partial charge in [-0.15, -0.1) is 0 Å². The summed E-state index contributed by atoms with van der Waals surface area (Å²) in [7, 11) is -2.68. The highest BCUT2D eigenvalue weighted by molar-refractivity contribution is 7.91. The van der Waals surface area contributed by atoms with Gasteiger partial charge in [0, 0.05) is 146 Å². The van der Waals surface area contributed by atoms with E-state index in [9.17, 15) is 27.6 Å². The summed E-state index contributed by atoms with van der Waals surface area (Å²) in [6, 6.07) is 31.7. The van der Waals surface area contributed by atoms with Gasteiger partial charge >= 0.3 is 0 Å². The molecule has 0 radical (unpaired) electrons. The van der Waals surface area contributed by atoms with Gasteiger partial charge in [-0.05, 0) is 391 Å². The number of carbonyl (C=O) groups is 4. The van der Waals surface area contributed by atoms with E-state index in [0.717, 1.165) is 195 Å². The van der Waals surface area contributed by atoms with Crippen molar-refractivity contribution in [2.24, 2.45) is 33.5 Å². The molecule has 16 N–H and O–H groups in total. The molecule has 15 saturated heterocycles. The van der Waals surface area contributed by atoms with Crippen LogP contribution in [0, 0.1) is 33.5 Å². The molecule has 19 aliphatic heterocycles. The van der Waals surface area contributed by atoms with Crippen LogP contribution in [0.1, 0.15) is 281 Å². The number of fused-ring (bicyclic) bond motifs is 6. The van der Waals surface area contributed by atoms with Crippen LogP contribution in [0.3, 0.4) is 0 Å². The van der Waals surface area contributed by atoms with Crippen molar-refractivity contribution in [2.75, 3.05) is 254 Å². The summed E-state index contributed by atoms with van der Waals surface area (Å²) in [5.74, 6) is 3.06. The molecule has 3 saturated carbocycles. The molecule has 30 heteroatoms. The van der Waals surface area contributed by atoms with Crippen molar-refractivity contribution in [2.45, 2.75) is 244 Å². The molecule has 2 atom stereocenters. The second-order valence-electron chi connectivity index (χ2n) is 42.6. The van der Waals surface area contributed by atoms with Crippen LogP contribution >= 0.6 is 0 Å². The molecule has 5 aromatic rings. The lowest BCUT2D eigenvalue weighted by molar-refractivity contribution is -0.127. The minimum atomic E-state index is -2.68. The second kappa shape index (κ2) is 71.2. The number of sulfone groups is 1. The number of ketones is 1. The molecule has 28 rings (SSSR count). The zero-order chi connectivity index (χ0) is 101. The first-order valence-electron chi connectivity index (χ1n) is 57.1. The Kier molecular flexibility index (Phi) is 58.2. The fraction of sp³-hybridized carbons (Fsp3) is 0.722. The van der Waals surface area contributed by atoms with Gasteiger partial charge in [0.05, 0.1) is 31.3 Å². The van der Waals surface area contributed by atoms with E-state index in [1.165, 1.54) is 328 Å². The zero-order valence-corrected chi connectivity index (χ0v) is 89.6. The Hall–Kier alpha value is -6.73. The third-order valence-electron chi connectivity index (χ3n) is 31.3. The van der Waals surface area contributed by atoms with E-state index >= 15 is 0 Å². The van der Waals surface area contributed by atoms with Crippen LogP contribution < -0.4 is 85.1 Å². The number of Topliss-reactive ketones (excluding diaryl/α,β-unsaturated/α-hetero) is 1. The van der Waals surface area contributed by atoms with Crippen molar-refractivity contribution < 1.29 is 51.3 Å². The highest BCUT2D eigenvalue weighted by Crippen LogP contribution is 2.52. The topological polar surface area (TPSA) is 367 Å². The number of hydrogen-bond acceptors (Lipinski definition) is 26. The third-order valence-corrected chi connectivity index (χ3v) is 33.0. The molecule has 3 amide bonds. The van der Waals surface area contributed by atoms with Crippen molar-refractivity contribution in [3.63, 3.8) is 0 Å². The number of benzene rings is 3. The standard InChI is InChI=1S/C10H13N.C9H17NO.2C9H9NO.C8H7NO.C7H6N2O.2C7H13NO.2C7H13N.C6H13N.C5H12N2.C5H11NO2S.C5H11NO.C4H9N.C4H8.C3H7N.C3H6O/c1-2-4-10-6-8-11-7-5-9(10)3-1;1-5-10-6-2-9(1)3-7-11-8-4-9;11-8-5-1-3-7-4-2-6-10-9(7)8;11-9-8-4-2-1-3-7(8)5-6-10-9;10-8-7-4-2-1-3-6(7)5-9-8;10-7-6-5(4-9-7)2-1-3-8-6;1-3-9-4-2-7(1)5-8-6-7;1-3-8-4-2-7(1)5-9-6-7;1-2-7(1)3-5-8-6-4-7;1-2-6-4-8-5-7(6)3-1;1-2-4-6-7-5-3-1;1-2-6-4-5-7-3-1;7-9(8)4-1-2-6-3-5-9;1-2-6-3-5-7-4-1;1-2-4-5-3-1;3*1-2-4-3-1/h1-4,11H,5-8H2;10H,1-8H2;2,4,6H,1,3,5H2;1-4H,5-6H2,(H,10,11);1-4H,5H2,(H,9,10);1-3H,4H2,(H,9,10);2*8H,1-6H2;8H,1-6H2;6-8H,1-5H2;7H,1-6H2;6-7H,1-5H2;6H,1-5H2;6H,1-5H2;5H,1-4H2;1-4H2;4H,1-3H2;1-3H2. The number of hydrogen-bond donors (Lipinski definition) is 16. The minimum Gasteiger partial charge on any atom is -0.381 e. The number of nitrogens with zero attached hydrogens (tertiary/aromatic N) is 2. The van der Waals surface area contributed by atoms with Gasteiger partial charge in [0.25, 0.3) is 17.7 Å². The number of ether oxygens (including phenoxy) is 5. The van der Waals surface area contributed by atoms with Gasteiger partial charge < -0.3 is 109 Å². The van der Waals surface area contributed by atoms with Gasteiger partial charge in [0.1, 0.15) is 11.4 Å². The summed E-state index contributed by atoms with van der Waals surface area (Å²) in [6.07, 6.45) is 50.6. The molecule has 4 aliphatic carbocycles. The molecule has 0 bridgehead atoms. The van der Waals surface area contributed by atoms with E-state index in [4.69, 9.17) is 23.7 Å².